The Labute approximate surface area is 117 Å². The summed E-state index contributed by atoms with van der Waals surface area (Å²) in [5.41, 5.74) is 2.25. The maximum Gasteiger partial charge on any atom is 0.123 e. The Kier molecular flexibility index (Phi) is 6.38. The van der Waals surface area contributed by atoms with E-state index in [1.165, 1.54) is 0 Å². The number of nitriles is 1. The molecule has 1 aromatic carbocycles. The van der Waals surface area contributed by atoms with Gasteiger partial charge in [-0.05, 0) is 37.2 Å². The molecule has 104 valence electrons. The first-order valence-corrected chi connectivity index (χ1v) is 7.05. The van der Waals surface area contributed by atoms with Crippen LogP contribution in [0.5, 0.6) is 0 Å². The molecule has 0 aliphatic heterocycles. The molecule has 0 saturated carbocycles. The minimum Gasteiger partial charge on any atom is -0.378 e. The molecule has 1 aromatic rings. The molecular weight excluding hydrogens is 234 g/mol. The number of anilines is 1. The van der Waals surface area contributed by atoms with E-state index in [0.29, 0.717) is 0 Å². The number of nitrogens with zero attached hydrogens (tertiary/aromatic N) is 3. The van der Waals surface area contributed by atoms with Crippen LogP contribution in [0.2, 0.25) is 0 Å². The fourth-order valence-corrected chi connectivity index (χ4v) is 2.15. The molecule has 0 amide bonds. The van der Waals surface area contributed by atoms with Gasteiger partial charge in [0.25, 0.3) is 0 Å². The first kappa shape index (κ1) is 15.5. The van der Waals surface area contributed by atoms with E-state index in [1.807, 2.05) is 14.1 Å². The summed E-state index contributed by atoms with van der Waals surface area (Å²) in [4.78, 5) is 4.31. The smallest absolute Gasteiger partial charge is 0.123 e. The zero-order valence-electron chi connectivity index (χ0n) is 12.6. The van der Waals surface area contributed by atoms with Crippen LogP contribution in [0, 0.1) is 11.3 Å². The van der Waals surface area contributed by atoms with Gasteiger partial charge in [0.15, 0.2) is 0 Å². The Morgan fingerprint density at radius 1 is 1.16 bits per heavy atom. The van der Waals surface area contributed by atoms with Crippen molar-refractivity contribution in [1.82, 2.24) is 4.90 Å². The fourth-order valence-electron chi connectivity index (χ4n) is 2.15. The van der Waals surface area contributed by atoms with Crippen molar-refractivity contribution in [2.75, 3.05) is 32.1 Å². The van der Waals surface area contributed by atoms with Crippen molar-refractivity contribution in [3.05, 3.63) is 29.8 Å². The van der Waals surface area contributed by atoms with E-state index in [-0.39, 0.29) is 6.04 Å². The SMILES string of the molecule is CCCCN(CC)C(C#N)c1ccc(N(C)C)cc1. The van der Waals surface area contributed by atoms with E-state index in [2.05, 4.69) is 54.0 Å². The lowest BCUT2D eigenvalue weighted by Crippen LogP contribution is -2.28. The van der Waals surface area contributed by atoms with Crippen molar-refractivity contribution in [2.45, 2.75) is 32.7 Å². The molecule has 0 bridgehead atoms. The van der Waals surface area contributed by atoms with Crippen LogP contribution in [-0.2, 0) is 0 Å². The van der Waals surface area contributed by atoms with Crippen molar-refractivity contribution >= 4 is 5.69 Å². The quantitative estimate of drug-likeness (QED) is 0.751. The van der Waals surface area contributed by atoms with E-state index in [4.69, 9.17) is 0 Å². The summed E-state index contributed by atoms with van der Waals surface area (Å²) in [5.74, 6) is 0. The lowest BCUT2D eigenvalue weighted by Gasteiger charge is -2.26. The van der Waals surface area contributed by atoms with E-state index in [0.717, 1.165) is 37.2 Å². The van der Waals surface area contributed by atoms with Crippen LogP contribution in [-0.4, -0.2) is 32.1 Å². The lowest BCUT2D eigenvalue weighted by atomic mass is 10.1. The summed E-state index contributed by atoms with van der Waals surface area (Å²) in [6.07, 6.45) is 2.30. The van der Waals surface area contributed by atoms with Gasteiger partial charge in [-0.15, -0.1) is 0 Å². The Bertz CT molecular complexity index is 403. The zero-order valence-corrected chi connectivity index (χ0v) is 12.6. The molecule has 19 heavy (non-hydrogen) atoms. The van der Waals surface area contributed by atoms with Gasteiger partial charge >= 0.3 is 0 Å². The Morgan fingerprint density at radius 2 is 1.79 bits per heavy atom. The average molecular weight is 259 g/mol. The van der Waals surface area contributed by atoms with E-state index >= 15 is 0 Å². The van der Waals surface area contributed by atoms with Crippen LogP contribution in [0.25, 0.3) is 0 Å². The fraction of sp³-hybridized carbons (Fsp3) is 0.562. The molecule has 0 spiro atoms. The van der Waals surface area contributed by atoms with E-state index in [9.17, 15) is 5.26 Å². The highest BCUT2D eigenvalue weighted by atomic mass is 15.1. The van der Waals surface area contributed by atoms with Gasteiger partial charge in [0.2, 0.25) is 0 Å². The number of rotatable bonds is 7. The molecule has 3 nitrogen and oxygen atoms in total. The largest absolute Gasteiger partial charge is 0.378 e. The number of benzene rings is 1. The maximum atomic E-state index is 9.46. The summed E-state index contributed by atoms with van der Waals surface area (Å²) in [6, 6.07) is 10.6. The molecule has 0 heterocycles. The lowest BCUT2D eigenvalue weighted by molar-refractivity contribution is 0.245. The Balaban J connectivity index is 2.86. The molecule has 0 radical (unpaired) electrons. The van der Waals surface area contributed by atoms with Gasteiger partial charge in [0.1, 0.15) is 6.04 Å². The van der Waals surface area contributed by atoms with Crippen molar-refractivity contribution in [3.63, 3.8) is 0 Å². The molecule has 0 saturated heterocycles. The van der Waals surface area contributed by atoms with Crippen LogP contribution < -0.4 is 4.90 Å². The first-order valence-electron chi connectivity index (χ1n) is 7.05. The van der Waals surface area contributed by atoms with Crippen molar-refractivity contribution < 1.29 is 0 Å². The molecule has 1 rings (SSSR count). The molecule has 1 atom stereocenters. The van der Waals surface area contributed by atoms with Crippen LogP contribution in [0.1, 0.15) is 38.3 Å². The summed E-state index contributed by atoms with van der Waals surface area (Å²) in [5, 5.41) is 9.46. The summed E-state index contributed by atoms with van der Waals surface area (Å²) in [6.45, 7) is 6.20. The van der Waals surface area contributed by atoms with Crippen LogP contribution >= 0.6 is 0 Å². The minimum absolute atomic E-state index is 0.132. The molecule has 3 heteroatoms. The highest BCUT2D eigenvalue weighted by Gasteiger charge is 2.17. The predicted molar refractivity (Wildman–Crippen MR) is 81.3 cm³/mol. The van der Waals surface area contributed by atoms with Crippen LogP contribution in [0.15, 0.2) is 24.3 Å². The monoisotopic (exact) mass is 259 g/mol. The van der Waals surface area contributed by atoms with Gasteiger partial charge in [-0.3, -0.25) is 4.90 Å². The van der Waals surface area contributed by atoms with Gasteiger partial charge in [-0.2, -0.15) is 5.26 Å². The molecule has 0 aromatic heterocycles. The second-order valence-corrected chi connectivity index (χ2v) is 5.00. The second-order valence-electron chi connectivity index (χ2n) is 5.00. The van der Waals surface area contributed by atoms with Gasteiger partial charge < -0.3 is 4.90 Å². The van der Waals surface area contributed by atoms with Crippen LogP contribution in [0.4, 0.5) is 5.69 Å². The normalized spacial score (nSPS) is 12.2. The highest BCUT2D eigenvalue weighted by Crippen LogP contribution is 2.22. The second kappa shape index (κ2) is 7.81. The zero-order chi connectivity index (χ0) is 14.3. The highest BCUT2D eigenvalue weighted by molar-refractivity contribution is 5.47. The van der Waals surface area contributed by atoms with Crippen LogP contribution in [0.3, 0.4) is 0 Å². The summed E-state index contributed by atoms with van der Waals surface area (Å²) >= 11 is 0. The standard InChI is InChI=1S/C16H25N3/c1-5-7-12-19(6-2)16(13-17)14-8-10-15(11-9-14)18(3)4/h8-11,16H,5-7,12H2,1-4H3. The average Bonchev–Trinajstić information content (AvgIpc) is 2.43. The molecule has 0 aliphatic rings. The van der Waals surface area contributed by atoms with Gasteiger partial charge in [0, 0.05) is 19.8 Å². The summed E-state index contributed by atoms with van der Waals surface area (Å²) in [7, 11) is 4.05. The third-order valence-corrected chi connectivity index (χ3v) is 3.42. The molecule has 0 N–H and O–H groups in total. The van der Waals surface area contributed by atoms with Crippen molar-refractivity contribution in [2.24, 2.45) is 0 Å². The van der Waals surface area contributed by atoms with Gasteiger partial charge in [-0.1, -0.05) is 32.4 Å². The van der Waals surface area contributed by atoms with Gasteiger partial charge in [-0.25, -0.2) is 0 Å². The summed E-state index contributed by atoms with van der Waals surface area (Å²) < 4.78 is 0. The number of hydrogen-bond donors (Lipinski definition) is 0. The third-order valence-electron chi connectivity index (χ3n) is 3.42. The molecule has 1 unspecified atom stereocenters. The number of hydrogen-bond acceptors (Lipinski definition) is 3. The molecular formula is C16H25N3. The van der Waals surface area contributed by atoms with E-state index < -0.39 is 0 Å². The molecule has 0 aliphatic carbocycles. The third kappa shape index (κ3) is 4.25. The minimum atomic E-state index is -0.132. The van der Waals surface area contributed by atoms with Crippen molar-refractivity contribution in [1.29, 1.82) is 5.26 Å². The van der Waals surface area contributed by atoms with Gasteiger partial charge in [0.05, 0.1) is 6.07 Å². The van der Waals surface area contributed by atoms with Crippen molar-refractivity contribution in [3.8, 4) is 6.07 Å². The maximum absolute atomic E-state index is 9.46. The predicted octanol–water partition coefficient (Wildman–Crippen LogP) is 3.44. The Hall–Kier alpha value is -1.53. The molecule has 0 fully saturated rings. The number of unbranched alkanes of at least 4 members (excludes halogenated alkanes) is 1. The Morgan fingerprint density at radius 3 is 2.21 bits per heavy atom. The first-order chi connectivity index (χ1) is 9.13. The topological polar surface area (TPSA) is 30.3 Å². The van der Waals surface area contributed by atoms with E-state index in [1.54, 1.807) is 0 Å².